The summed E-state index contributed by atoms with van der Waals surface area (Å²) in [6.45, 7) is 4.56. The topological polar surface area (TPSA) is 96.1 Å². The third-order valence-corrected chi connectivity index (χ3v) is 5.68. The smallest absolute Gasteiger partial charge is 0.325 e. The van der Waals surface area contributed by atoms with Crippen molar-refractivity contribution >= 4 is 34.5 Å². The SMILES string of the molecule is CC1(C)CCCCC1.COC(=O)CNC(=O)c1ccc2nc(Nc3ccc(F)cc3)[nH]c2c1. The summed E-state index contributed by atoms with van der Waals surface area (Å²) in [6, 6.07) is 10.8. The Balaban J connectivity index is 0.000000323. The van der Waals surface area contributed by atoms with E-state index in [1.165, 1.54) is 51.3 Å². The molecule has 0 radical (unpaired) electrons. The van der Waals surface area contributed by atoms with Crippen molar-refractivity contribution < 1.29 is 18.7 Å². The molecule has 1 aliphatic rings. The Hall–Kier alpha value is -3.42. The van der Waals surface area contributed by atoms with Crippen molar-refractivity contribution in [3.63, 3.8) is 0 Å². The van der Waals surface area contributed by atoms with E-state index >= 15 is 0 Å². The van der Waals surface area contributed by atoms with Crippen LogP contribution in [0.5, 0.6) is 0 Å². The molecule has 8 heteroatoms. The number of hydrogen-bond acceptors (Lipinski definition) is 5. The third kappa shape index (κ3) is 7.30. The van der Waals surface area contributed by atoms with Crippen LogP contribution < -0.4 is 10.6 Å². The van der Waals surface area contributed by atoms with Gasteiger partial charge in [-0.15, -0.1) is 0 Å². The number of amides is 1. The molecule has 33 heavy (non-hydrogen) atoms. The van der Waals surface area contributed by atoms with Crippen LogP contribution in [0.25, 0.3) is 11.0 Å². The molecule has 1 fully saturated rings. The maximum atomic E-state index is 12.9. The molecule has 3 N–H and O–H groups in total. The number of fused-ring (bicyclic) bond motifs is 1. The molecule has 7 nitrogen and oxygen atoms in total. The number of nitrogens with one attached hydrogen (secondary N) is 3. The Bertz CT molecular complexity index is 1080. The first-order valence-electron chi connectivity index (χ1n) is 11.1. The normalized spacial score (nSPS) is 14.7. The van der Waals surface area contributed by atoms with Crippen LogP contribution in [-0.4, -0.2) is 35.5 Å². The van der Waals surface area contributed by atoms with Gasteiger partial charge >= 0.3 is 5.97 Å². The van der Waals surface area contributed by atoms with Crippen LogP contribution >= 0.6 is 0 Å². The van der Waals surface area contributed by atoms with Crippen LogP contribution in [-0.2, 0) is 9.53 Å². The molecule has 1 heterocycles. The van der Waals surface area contributed by atoms with Gasteiger partial charge in [-0.05, 0) is 60.7 Å². The number of hydrogen-bond donors (Lipinski definition) is 3. The molecule has 0 aliphatic heterocycles. The van der Waals surface area contributed by atoms with Crippen LogP contribution in [0.1, 0.15) is 56.3 Å². The number of aromatic amines is 1. The first-order valence-corrected chi connectivity index (χ1v) is 11.1. The lowest BCUT2D eigenvalue weighted by molar-refractivity contribution is -0.139. The number of nitrogens with zero attached hydrogens (tertiary/aromatic N) is 1. The van der Waals surface area contributed by atoms with Gasteiger partial charge in [-0.25, -0.2) is 9.37 Å². The number of anilines is 2. The van der Waals surface area contributed by atoms with Crippen molar-refractivity contribution in [2.75, 3.05) is 19.0 Å². The predicted molar refractivity (Wildman–Crippen MR) is 127 cm³/mol. The van der Waals surface area contributed by atoms with E-state index in [1.54, 1.807) is 30.3 Å². The molecule has 1 aliphatic carbocycles. The monoisotopic (exact) mass is 454 g/mol. The van der Waals surface area contributed by atoms with Gasteiger partial charge in [0.2, 0.25) is 5.95 Å². The summed E-state index contributed by atoms with van der Waals surface area (Å²) in [6.07, 6.45) is 7.31. The lowest BCUT2D eigenvalue weighted by Crippen LogP contribution is -2.30. The predicted octanol–water partition coefficient (Wildman–Crippen LogP) is 5.33. The average molecular weight is 455 g/mol. The number of benzene rings is 2. The summed E-state index contributed by atoms with van der Waals surface area (Å²) in [5.41, 5.74) is 3.05. The van der Waals surface area contributed by atoms with Crippen LogP contribution in [0.2, 0.25) is 0 Å². The number of carbonyl (C=O) groups excluding carboxylic acids is 2. The number of esters is 1. The van der Waals surface area contributed by atoms with Crippen molar-refractivity contribution in [2.45, 2.75) is 46.0 Å². The molecule has 1 amide bonds. The fourth-order valence-corrected chi connectivity index (χ4v) is 3.72. The van der Waals surface area contributed by atoms with Gasteiger partial charge in [0.1, 0.15) is 12.4 Å². The van der Waals surface area contributed by atoms with Crippen LogP contribution in [0.3, 0.4) is 0 Å². The first-order chi connectivity index (χ1) is 15.8. The number of halogens is 1. The van der Waals surface area contributed by atoms with Gasteiger partial charge < -0.3 is 20.4 Å². The Morgan fingerprint density at radius 1 is 1.09 bits per heavy atom. The van der Waals surface area contributed by atoms with E-state index in [1.807, 2.05) is 0 Å². The van der Waals surface area contributed by atoms with Crippen molar-refractivity contribution in [2.24, 2.45) is 5.41 Å². The molecular weight excluding hydrogens is 423 g/mol. The van der Waals surface area contributed by atoms with Gasteiger partial charge in [-0.2, -0.15) is 0 Å². The van der Waals surface area contributed by atoms with E-state index in [2.05, 4.69) is 39.2 Å². The van der Waals surface area contributed by atoms with Gasteiger partial charge in [0.05, 0.1) is 18.1 Å². The Morgan fingerprint density at radius 2 is 1.79 bits per heavy atom. The van der Waals surface area contributed by atoms with Gasteiger partial charge in [0.25, 0.3) is 5.91 Å². The van der Waals surface area contributed by atoms with Gasteiger partial charge in [0.15, 0.2) is 0 Å². The van der Waals surface area contributed by atoms with E-state index in [9.17, 15) is 14.0 Å². The number of rotatable bonds is 5. The van der Waals surface area contributed by atoms with Crippen LogP contribution in [0.15, 0.2) is 42.5 Å². The number of ether oxygens (including phenoxy) is 1. The molecule has 176 valence electrons. The molecule has 0 spiro atoms. The number of methoxy groups -OCH3 is 1. The van der Waals surface area contributed by atoms with E-state index in [-0.39, 0.29) is 12.4 Å². The maximum absolute atomic E-state index is 12.9. The fourth-order valence-electron chi connectivity index (χ4n) is 3.72. The van der Waals surface area contributed by atoms with Gasteiger partial charge in [-0.1, -0.05) is 33.1 Å². The molecule has 3 aromatic rings. The lowest BCUT2D eigenvalue weighted by atomic mass is 9.78. The maximum Gasteiger partial charge on any atom is 0.325 e. The number of H-pyrrole nitrogens is 1. The van der Waals surface area contributed by atoms with E-state index in [0.717, 1.165) is 0 Å². The highest BCUT2D eigenvalue weighted by Gasteiger charge is 2.20. The zero-order valence-corrected chi connectivity index (χ0v) is 19.3. The van der Waals surface area contributed by atoms with Crippen molar-refractivity contribution in [1.29, 1.82) is 0 Å². The van der Waals surface area contributed by atoms with Crippen molar-refractivity contribution in [1.82, 2.24) is 15.3 Å². The van der Waals surface area contributed by atoms with Crippen LogP contribution in [0.4, 0.5) is 16.0 Å². The van der Waals surface area contributed by atoms with E-state index in [0.29, 0.717) is 33.6 Å². The fraction of sp³-hybridized carbons (Fsp3) is 0.400. The summed E-state index contributed by atoms with van der Waals surface area (Å²) < 4.78 is 17.4. The number of imidazole rings is 1. The van der Waals surface area contributed by atoms with Crippen molar-refractivity contribution in [3.05, 3.63) is 53.8 Å². The minimum Gasteiger partial charge on any atom is -0.468 e. The molecule has 4 rings (SSSR count). The highest BCUT2D eigenvalue weighted by Crippen LogP contribution is 2.34. The zero-order valence-electron chi connectivity index (χ0n) is 19.3. The largest absolute Gasteiger partial charge is 0.468 e. The number of aromatic nitrogens is 2. The molecule has 0 saturated heterocycles. The second-order valence-corrected chi connectivity index (χ2v) is 8.93. The lowest BCUT2D eigenvalue weighted by Gasteiger charge is -2.28. The summed E-state index contributed by atoms with van der Waals surface area (Å²) in [4.78, 5) is 30.5. The summed E-state index contributed by atoms with van der Waals surface area (Å²) in [7, 11) is 1.25. The van der Waals surface area contributed by atoms with Crippen LogP contribution in [0, 0.1) is 11.2 Å². The Kier molecular flexibility index (Phi) is 8.03. The second-order valence-electron chi connectivity index (χ2n) is 8.93. The summed E-state index contributed by atoms with van der Waals surface area (Å²) >= 11 is 0. The third-order valence-electron chi connectivity index (χ3n) is 5.68. The van der Waals surface area contributed by atoms with E-state index in [4.69, 9.17) is 0 Å². The Labute approximate surface area is 193 Å². The highest BCUT2D eigenvalue weighted by atomic mass is 19.1. The zero-order chi connectivity index (χ0) is 23.8. The summed E-state index contributed by atoms with van der Waals surface area (Å²) in [5.74, 6) is -0.775. The average Bonchev–Trinajstić information content (AvgIpc) is 3.20. The van der Waals surface area contributed by atoms with Gasteiger partial charge in [-0.3, -0.25) is 9.59 Å². The minimum absolute atomic E-state index is 0.201. The molecule has 1 saturated carbocycles. The highest BCUT2D eigenvalue weighted by molar-refractivity contribution is 5.98. The molecule has 2 aromatic carbocycles. The van der Waals surface area contributed by atoms with Crippen molar-refractivity contribution in [3.8, 4) is 0 Å². The quantitative estimate of drug-likeness (QED) is 0.453. The molecule has 1 aromatic heterocycles. The second kappa shape index (κ2) is 10.9. The molecule has 0 bridgehead atoms. The molecule has 0 atom stereocenters. The minimum atomic E-state index is -0.526. The molecular formula is C25H31FN4O3. The van der Waals surface area contributed by atoms with Gasteiger partial charge in [0, 0.05) is 11.3 Å². The standard InChI is InChI=1S/C17H15FN4O3.C8H16/c1-25-15(23)9-19-16(24)10-2-7-13-14(8-10)22-17(21-13)20-12-5-3-11(18)4-6-12;1-8(2)6-4-3-5-7-8/h2-8H,9H2,1H3,(H,19,24)(H2,20,21,22);3-7H2,1-2H3. The number of carbonyl (C=O) groups is 2. The summed E-state index contributed by atoms with van der Waals surface area (Å²) in [5, 5.41) is 5.49. The first kappa shape index (κ1) is 24.2. The van der Waals surface area contributed by atoms with E-state index < -0.39 is 11.9 Å². The Morgan fingerprint density at radius 3 is 2.39 bits per heavy atom. The molecule has 0 unspecified atom stereocenters.